The van der Waals surface area contributed by atoms with Crippen molar-refractivity contribution in [1.82, 2.24) is 10.1 Å². The fourth-order valence-electron chi connectivity index (χ4n) is 2.75. The van der Waals surface area contributed by atoms with E-state index in [4.69, 9.17) is 10.3 Å². The van der Waals surface area contributed by atoms with Gasteiger partial charge in [0.15, 0.2) is 0 Å². The predicted octanol–water partition coefficient (Wildman–Crippen LogP) is 3.47. The molecule has 1 fully saturated rings. The minimum Gasteiger partial charge on any atom is -0.337 e. The van der Waals surface area contributed by atoms with E-state index in [0.29, 0.717) is 17.6 Å². The summed E-state index contributed by atoms with van der Waals surface area (Å²) in [5.74, 6) is 1.60. The van der Waals surface area contributed by atoms with Crippen molar-refractivity contribution < 1.29 is 4.52 Å². The molecule has 2 aromatic carbocycles. The highest BCUT2D eigenvalue weighted by Crippen LogP contribution is 2.43. The van der Waals surface area contributed by atoms with Crippen LogP contribution in [0.3, 0.4) is 0 Å². The molecule has 1 aromatic heterocycles. The van der Waals surface area contributed by atoms with Crippen LogP contribution in [-0.4, -0.2) is 10.1 Å². The number of nitrogens with two attached hydrogens (primary N) is 1. The summed E-state index contributed by atoms with van der Waals surface area (Å²) < 4.78 is 5.41. The number of hydrogen-bond donors (Lipinski definition) is 1. The average molecular weight is 279 g/mol. The smallest absolute Gasteiger partial charge is 0.247 e. The van der Waals surface area contributed by atoms with Crippen LogP contribution in [0.25, 0.3) is 22.2 Å². The second-order valence-electron chi connectivity index (χ2n) is 6.04. The van der Waals surface area contributed by atoms with Crippen molar-refractivity contribution in [2.45, 2.75) is 25.3 Å². The van der Waals surface area contributed by atoms with Crippen LogP contribution in [0.1, 0.15) is 25.7 Å². The molecule has 0 aliphatic heterocycles. The zero-order valence-corrected chi connectivity index (χ0v) is 11.9. The summed E-state index contributed by atoms with van der Waals surface area (Å²) in [6.07, 6.45) is 2.28. The summed E-state index contributed by atoms with van der Waals surface area (Å²) in [6.45, 7) is 1.97. The summed E-state index contributed by atoms with van der Waals surface area (Å²) in [5.41, 5.74) is 6.77. The molecule has 1 unspecified atom stereocenters. The van der Waals surface area contributed by atoms with Crippen LogP contribution in [0.15, 0.2) is 47.0 Å². The minimum absolute atomic E-state index is 0.461. The second kappa shape index (κ2) is 4.40. The Morgan fingerprint density at radius 1 is 1.14 bits per heavy atom. The Bertz CT molecular complexity index is 802. The van der Waals surface area contributed by atoms with Gasteiger partial charge in [-0.15, -0.1) is 0 Å². The van der Waals surface area contributed by atoms with Gasteiger partial charge < -0.3 is 10.3 Å². The highest BCUT2D eigenvalue weighted by molar-refractivity contribution is 5.86. The van der Waals surface area contributed by atoms with Crippen molar-refractivity contribution in [2.24, 2.45) is 11.7 Å². The SMILES string of the molecule is CC(N)(c1nc(-c2ccc3ccccc3c2)no1)C1CC1. The standard InChI is InChI=1S/C17H17N3O/c1-17(18,14-8-9-14)16-19-15(20-21-16)13-7-6-11-4-2-3-5-12(11)10-13/h2-7,10,14H,8-9,18H2,1H3. The fourth-order valence-corrected chi connectivity index (χ4v) is 2.75. The minimum atomic E-state index is -0.512. The quantitative estimate of drug-likeness (QED) is 0.797. The monoisotopic (exact) mass is 279 g/mol. The normalized spacial score (nSPS) is 17.8. The molecule has 1 heterocycles. The van der Waals surface area contributed by atoms with E-state index in [2.05, 4.69) is 34.4 Å². The summed E-state index contributed by atoms with van der Waals surface area (Å²) in [5, 5.41) is 6.47. The van der Waals surface area contributed by atoms with Gasteiger partial charge in [-0.2, -0.15) is 4.98 Å². The predicted molar refractivity (Wildman–Crippen MR) is 81.5 cm³/mol. The Balaban J connectivity index is 1.73. The van der Waals surface area contributed by atoms with E-state index >= 15 is 0 Å². The van der Waals surface area contributed by atoms with E-state index in [1.165, 1.54) is 10.8 Å². The number of aromatic nitrogens is 2. The largest absolute Gasteiger partial charge is 0.337 e. The van der Waals surface area contributed by atoms with Crippen LogP contribution in [0.2, 0.25) is 0 Å². The van der Waals surface area contributed by atoms with Crippen molar-refractivity contribution in [3.05, 3.63) is 48.4 Å². The van der Waals surface area contributed by atoms with Crippen LogP contribution >= 0.6 is 0 Å². The highest BCUT2D eigenvalue weighted by Gasteiger charge is 2.43. The lowest BCUT2D eigenvalue weighted by Crippen LogP contribution is -2.35. The van der Waals surface area contributed by atoms with E-state index < -0.39 is 5.54 Å². The molecular formula is C17H17N3O. The molecule has 1 aliphatic rings. The maximum absolute atomic E-state index is 6.33. The van der Waals surface area contributed by atoms with Crippen LogP contribution in [0, 0.1) is 5.92 Å². The topological polar surface area (TPSA) is 64.9 Å². The molecule has 0 saturated heterocycles. The van der Waals surface area contributed by atoms with Gasteiger partial charge >= 0.3 is 0 Å². The molecule has 4 nitrogen and oxygen atoms in total. The molecular weight excluding hydrogens is 262 g/mol. The van der Waals surface area contributed by atoms with E-state index in [0.717, 1.165) is 18.4 Å². The highest BCUT2D eigenvalue weighted by atomic mass is 16.5. The van der Waals surface area contributed by atoms with Crippen LogP contribution in [0.4, 0.5) is 0 Å². The third kappa shape index (κ3) is 2.12. The van der Waals surface area contributed by atoms with Crippen LogP contribution < -0.4 is 5.73 Å². The first-order valence-electron chi connectivity index (χ1n) is 7.27. The lowest BCUT2D eigenvalue weighted by atomic mass is 9.97. The van der Waals surface area contributed by atoms with Gasteiger partial charge in [0, 0.05) is 5.56 Å². The van der Waals surface area contributed by atoms with Gasteiger partial charge in [0.25, 0.3) is 0 Å². The Kier molecular flexibility index (Phi) is 2.62. The molecule has 0 bridgehead atoms. The zero-order valence-electron chi connectivity index (χ0n) is 11.9. The fraction of sp³-hybridized carbons (Fsp3) is 0.294. The lowest BCUT2D eigenvalue weighted by molar-refractivity contribution is 0.273. The van der Waals surface area contributed by atoms with E-state index in [-0.39, 0.29) is 0 Å². The average Bonchev–Trinajstić information content (AvgIpc) is 3.24. The first kappa shape index (κ1) is 12.5. The molecule has 4 heteroatoms. The van der Waals surface area contributed by atoms with Gasteiger partial charge in [-0.25, -0.2) is 0 Å². The second-order valence-corrected chi connectivity index (χ2v) is 6.04. The Labute approximate surface area is 123 Å². The number of hydrogen-bond acceptors (Lipinski definition) is 4. The van der Waals surface area contributed by atoms with Gasteiger partial charge in [-0.1, -0.05) is 41.6 Å². The van der Waals surface area contributed by atoms with Crippen LogP contribution in [0.5, 0.6) is 0 Å². The molecule has 1 aliphatic carbocycles. The van der Waals surface area contributed by atoms with Gasteiger partial charge in [0.2, 0.25) is 11.7 Å². The van der Waals surface area contributed by atoms with Crippen molar-refractivity contribution in [3.8, 4) is 11.4 Å². The van der Waals surface area contributed by atoms with Gasteiger partial charge in [-0.05, 0) is 42.5 Å². The zero-order chi connectivity index (χ0) is 14.4. The Morgan fingerprint density at radius 2 is 1.90 bits per heavy atom. The first-order chi connectivity index (χ1) is 10.1. The number of benzene rings is 2. The van der Waals surface area contributed by atoms with Crippen LogP contribution in [-0.2, 0) is 5.54 Å². The Hall–Kier alpha value is -2.20. The van der Waals surface area contributed by atoms with Crippen molar-refractivity contribution in [2.75, 3.05) is 0 Å². The molecule has 0 radical (unpaired) electrons. The molecule has 3 aromatic rings. The first-order valence-corrected chi connectivity index (χ1v) is 7.27. The van der Waals surface area contributed by atoms with Crippen molar-refractivity contribution in [1.29, 1.82) is 0 Å². The van der Waals surface area contributed by atoms with E-state index in [9.17, 15) is 0 Å². The molecule has 106 valence electrons. The third-order valence-electron chi connectivity index (χ3n) is 4.32. The molecule has 0 spiro atoms. The van der Waals surface area contributed by atoms with Gasteiger partial charge in [-0.3, -0.25) is 0 Å². The molecule has 4 rings (SSSR count). The van der Waals surface area contributed by atoms with Gasteiger partial charge in [0.05, 0.1) is 5.54 Å². The molecule has 2 N–H and O–H groups in total. The Morgan fingerprint density at radius 3 is 2.67 bits per heavy atom. The van der Waals surface area contributed by atoms with Crippen molar-refractivity contribution in [3.63, 3.8) is 0 Å². The molecule has 1 atom stereocenters. The third-order valence-corrected chi connectivity index (χ3v) is 4.32. The van der Waals surface area contributed by atoms with E-state index in [1.807, 2.05) is 25.1 Å². The number of fused-ring (bicyclic) bond motifs is 1. The number of rotatable bonds is 3. The van der Waals surface area contributed by atoms with Gasteiger partial charge in [0.1, 0.15) is 0 Å². The summed E-state index contributed by atoms with van der Waals surface area (Å²) in [7, 11) is 0. The molecule has 0 amide bonds. The van der Waals surface area contributed by atoms with Crippen molar-refractivity contribution >= 4 is 10.8 Å². The summed E-state index contributed by atoms with van der Waals surface area (Å²) in [4.78, 5) is 4.52. The number of nitrogens with zero attached hydrogens (tertiary/aromatic N) is 2. The maximum atomic E-state index is 6.33. The van der Waals surface area contributed by atoms with E-state index in [1.54, 1.807) is 0 Å². The molecule has 1 saturated carbocycles. The maximum Gasteiger partial charge on any atom is 0.247 e. The summed E-state index contributed by atoms with van der Waals surface area (Å²) in [6, 6.07) is 14.4. The lowest BCUT2D eigenvalue weighted by Gasteiger charge is -2.18. The summed E-state index contributed by atoms with van der Waals surface area (Å²) >= 11 is 0. The molecule has 21 heavy (non-hydrogen) atoms.